The fourth-order valence-electron chi connectivity index (χ4n) is 2.75. The van der Waals surface area contributed by atoms with Gasteiger partial charge in [0.2, 0.25) is 0 Å². The third kappa shape index (κ3) is 4.94. The third-order valence-electron chi connectivity index (χ3n) is 4.29. The van der Waals surface area contributed by atoms with Crippen molar-refractivity contribution in [3.8, 4) is 5.82 Å². The maximum Gasteiger partial charge on any atom is 0.251 e. The Morgan fingerprint density at radius 2 is 1.86 bits per heavy atom. The van der Waals surface area contributed by atoms with Crippen molar-refractivity contribution in [3.63, 3.8) is 0 Å². The minimum atomic E-state index is -0.0849. The maximum atomic E-state index is 12.3. The van der Waals surface area contributed by atoms with Crippen LogP contribution in [0.3, 0.4) is 0 Å². The number of carbonyl (C=O) groups is 1. The van der Waals surface area contributed by atoms with Crippen molar-refractivity contribution in [1.29, 1.82) is 0 Å². The molecule has 3 aromatic rings. The lowest BCUT2D eigenvalue weighted by molar-refractivity contribution is 0.0955. The van der Waals surface area contributed by atoms with Crippen LogP contribution in [0.2, 0.25) is 0 Å². The average Bonchev–Trinajstić information content (AvgIpc) is 3.19. The fraction of sp³-hybridized carbons (Fsp3) is 0.333. The molecule has 146 valence electrons. The van der Waals surface area contributed by atoms with Gasteiger partial charge in [-0.2, -0.15) is 5.10 Å². The summed E-state index contributed by atoms with van der Waals surface area (Å²) in [4.78, 5) is 21.1. The molecule has 0 radical (unpaired) electrons. The summed E-state index contributed by atoms with van der Waals surface area (Å²) in [6, 6.07) is 11.4. The SMILES string of the molecule is Cc1nc(NCCNC(=O)c2ccc(C(C)(C)C)cc2)cc(-n2cccn2)n1. The molecular formula is C21H26N6O. The molecule has 0 atom stereocenters. The Morgan fingerprint density at radius 1 is 1.11 bits per heavy atom. The van der Waals surface area contributed by atoms with E-state index in [-0.39, 0.29) is 11.3 Å². The summed E-state index contributed by atoms with van der Waals surface area (Å²) in [6.45, 7) is 9.34. The van der Waals surface area contributed by atoms with Gasteiger partial charge in [0.15, 0.2) is 5.82 Å². The summed E-state index contributed by atoms with van der Waals surface area (Å²) >= 11 is 0. The highest BCUT2D eigenvalue weighted by Gasteiger charge is 2.14. The second kappa shape index (κ2) is 8.21. The van der Waals surface area contributed by atoms with Crippen LogP contribution in [0.15, 0.2) is 48.8 Å². The Balaban J connectivity index is 1.52. The van der Waals surface area contributed by atoms with E-state index in [2.05, 4.69) is 46.5 Å². The first-order valence-corrected chi connectivity index (χ1v) is 9.31. The molecule has 7 nitrogen and oxygen atoms in total. The van der Waals surface area contributed by atoms with Gasteiger partial charge in [-0.05, 0) is 36.1 Å². The summed E-state index contributed by atoms with van der Waals surface area (Å²) < 4.78 is 1.68. The molecule has 0 spiro atoms. The molecule has 0 saturated carbocycles. The molecule has 2 heterocycles. The highest BCUT2D eigenvalue weighted by Crippen LogP contribution is 2.22. The molecule has 0 fully saturated rings. The number of rotatable bonds is 6. The molecule has 0 saturated heterocycles. The van der Waals surface area contributed by atoms with Crippen LogP contribution in [-0.2, 0) is 5.41 Å². The van der Waals surface area contributed by atoms with Crippen molar-refractivity contribution in [2.24, 2.45) is 0 Å². The Kier molecular flexibility index (Phi) is 5.73. The summed E-state index contributed by atoms with van der Waals surface area (Å²) in [5.41, 5.74) is 1.94. The molecule has 3 rings (SSSR count). The second-order valence-electron chi connectivity index (χ2n) is 7.62. The molecule has 0 aliphatic carbocycles. The lowest BCUT2D eigenvalue weighted by Gasteiger charge is -2.19. The monoisotopic (exact) mass is 378 g/mol. The highest BCUT2D eigenvalue weighted by atomic mass is 16.1. The zero-order valence-corrected chi connectivity index (χ0v) is 16.7. The number of amides is 1. The number of aryl methyl sites for hydroxylation is 1. The first-order valence-electron chi connectivity index (χ1n) is 9.31. The molecule has 0 bridgehead atoms. The molecule has 1 aromatic carbocycles. The number of hydrogen-bond donors (Lipinski definition) is 2. The Morgan fingerprint density at radius 3 is 2.50 bits per heavy atom. The molecule has 7 heteroatoms. The van der Waals surface area contributed by atoms with Gasteiger partial charge in [-0.25, -0.2) is 14.6 Å². The van der Waals surface area contributed by atoms with E-state index in [1.165, 1.54) is 5.56 Å². The van der Waals surface area contributed by atoms with Crippen LogP contribution in [-0.4, -0.2) is 38.7 Å². The summed E-state index contributed by atoms with van der Waals surface area (Å²) in [7, 11) is 0. The normalized spacial score (nSPS) is 11.3. The minimum Gasteiger partial charge on any atom is -0.368 e. The van der Waals surface area contributed by atoms with E-state index in [9.17, 15) is 4.79 Å². The number of anilines is 1. The van der Waals surface area contributed by atoms with Gasteiger partial charge in [0.05, 0.1) is 0 Å². The summed E-state index contributed by atoms with van der Waals surface area (Å²) in [5, 5.41) is 10.3. The number of hydrogen-bond acceptors (Lipinski definition) is 5. The lowest BCUT2D eigenvalue weighted by Crippen LogP contribution is -2.29. The van der Waals surface area contributed by atoms with Crippen LogP contribution in [0.25, 0.3) is 5.82 Å². The van der Waals surface area contributed by atoms with E-state index in [0.717, 1.165) is 0 Å². The van der Waals surface area contributed by atoms with E-state index < -0.39 is 0 Å². The van der Waals surface area contributed by atoms with Crippen molar-refractivity contribution in [2.75, 3.05) is 18.4 Å². The molecule has 28 heavy (non-hydrogen) atoms. The van der Waals surface area contributed by atoms with Crippen LogP contribution in [0.5, 0.6) is 0 Å². The van der Waals surface area contributed by atoms with E-state index >= 15 is 0 Å². The van der Waals surface area contributed by atoms with Crippen molar-refractivity contribution >= 4 is 11.7 Å². The Hall–Kier alpha value is -3.22. The van der Waals surface area contributed by atoms with Crippen LogP contribution in [0.1, 0.15) is 42.5 Å². The summed E-state index contributed by atoms with van der Waals surface area (Å²) in [5.74, 6) is 1.96. The average molecular weight is 378 g/mol. The Bertz CT molecular complexity index is 927. The van der Waals surface area contributed by atoms with Crippen LogP contribution in [0, 0.1) is 6.92 Å². The zero-order valence-electron chi connectivity index (χ0n) is 16.7. The van der Waals surface area contributed by atoms with E-state index in [4.69, 9.17) is 0 Å². The van der Waals surface area contributed by atoms with Gasteiger partial charge < -0.3 is 10.6 Å². The first-order chi connectivity index (χ1) is 13.3. The molecule has 0 aliphatic rings. The molecule has 0 aliphatic heterocycles. The van der Waals surface area contributed by atoms with Gasteiger partial charge in [-0.3, -0.25) is 4.79 Å². The maximum absolute atomic E-state index is 12.3. The zero-order chi connectivity index (χ0) is 20.1. The minimum absolute atomic E-state index is 0.0730. The van der Waals surface area contributed by atoms with E-state index in [1.807, 2.05) is 49.5 Å². The highest BCUT2D eigenvalue weighted by molar-refractivity contribution is 5.94. The number of carbonyl (C=O) groups excluding carboxylic acids is 1. The second-order valence-corrected chi connectivity index (χ2v) is 7.62. The third-order valence-corrected chi connectivity index (χ3v) is 4.29. The molecular weight excluding hydrogens is 352 g/mol. The Labute approximate surface area is 165 Å². The quantitative estimate of drug-likeness (QED) is 0.644. The van der Waals surface area contributed by atoms with Crippen molar-refractivity contribution in [3.05, 3.63) is 65.7 Å². The molecule has 2 N–H and O–H groups in total. The van der Waals surface area contributed by atoms with Gasteiger partial charge in [0.1, 0.15) is 11.6 Å². The van der Waals surface area contributed by atoms with Crippen LogP contribution in [0.4, 0.5) is 5.82 Å². The van der Waals surface area contributed by atoms with Crippen LogP contribution < -0.4 is 10.6 Å². The van der Waals surface area contributed by atoms with Crippen LogP contribution >= 0.6 is 0 Å². The van der Waals surface area contributed by atoms with Gasteiger partial charge >= 0.3 is 0 Å². The largest absolute Gasteiger partial charge is 0.368 e. The fourth-order valence-corrected chi connectivity index (χ4v) is 2.75. The lowest BCUT2D eigenvalue weighted by atomic mass is 9.87. The standard InChI is InChI=1S/C21H26N6O/c1-15-25-18(14-19(26-15)27-13-5-10-24-27)22-11-12-23-20(28)16-6-8-17(9-7-16)21(2,3)4/h5-10,13-14H,11-12H2,1-4H3,(H,23,28)(H,22,25,26). The molecule has 1 amide bonds. The number of aromatic nitrogens is 4. The number of nitrogens with one attached hydrogen (secondary N) is 2. The van der Waals surface area contributed by atoms with E-state index in [1.54, 1.807) is 10.9 Å². The van der Waals surface area contributed by atoms with Gasteiger partial charge in [0, 0.05) is 37.1 Å². The number of nitrogens with zero attached hydrogens (tertiary/aromatic N) is 4. The van der Waals surface area contributed by atoms with Crippen molar-refractivity contribution in [1.82, 2.24) is 25.1 Å². The molecule has 0 unspecified atom stereocenters. The predicted molar refractivity (Wildman–Crippen MR) is 110 cm³/mol. The topological polar surface area (TPSA) is 84.7 Å². The van der Waals surface area contributed by atoms with Crippen molar-refractivity contribution in [2.45, 2.75) is 33.1 Å². The van der Waals surface area contributed by atoms with Gasteiger partial charge in [-0.15, -0.1) is 0 Å². The summed E-state index contributed by atoms with van der Waals surface area (Å²) in [6.07, 6.45) is 3.53. The van der Waals surface area contributed by atoms with Gasteiger partial charge in [-0.1, -0.05) is 32.9 Å². The van der Waals surface area contributed by atoms with Crippen molar-refractivity contribution < 1.29 is 4.79 Å². The van der Waals surface area contributed by atoms with E-state index in [0.29, 0.717) is 36.1 Å². The van der Waals surface area contributed by atoms with Gasteiger partial charge in [0.25, 0.3) is 5.91 Å². The smallest absolute Gasteiger partial charge is 0.251 e. The number of benzene rings is 1. The first kappa shape index (κ1) is 19.5. The molecule has 2 aromatic heterocycles. The predicted octanol–water partition coefficient (Wildman–Crippen LogP) is 3.11.